The van der Waals surface area contributed by atoms with Gasteiger partial charge in [0.2, 0.25) is 0 Å². The van der Waals surface area contributed by atoms with Gasteiger partial charge in [0, 0.05) is 23.6 Å². The summed E-state index contributed by atoms with van der Waals surface area (Å²) in [5.41, 5.74) is 0.598. The van der Waals surface area contributed by atoms with Gasteiger partial charge in [-0.05, 0) is 47.0 Å². The van der Waals surface area contributed by atoms with Crippen LogP contribution in [0.3, 0.4) is 0 Å². The summed E-state index contributed by atoms with van der Waals surface area (Å²) in [6, 6.07) is 6.03. The van der Waals surface area contributed by atoms with E-state index in [9.17, 15) is 4.79 Å². The van der Waals surface area contributed by atoms with Crippen LogP contribution in [0.15, 0.2) is 22.7 Å². The van der Waals surface area contributed by atoms with Crippen LogP contribution < -0.4 is 15.4 Å². The number of benzene rings is 1. The van der Waals surface area contributed by atoms with E-state index in [-0.39, 0.29) is 5.91 Å². The molecule has 2 rings (SSSR count). The average Bonchev–Trinajstić information content (AvgIpc) is 3.19. The SMILES string of the molecule is COc1ccc(Br)c(C(=O)NCCNC2CC2)c1. The summed E-state index contributed by atoms with van der Waals surface area (Å²) in [5.74, 6) is 0.595. The standard InChI is InChI=1S/C13H17BrN2O2/c1-18-10-4-5-12(14)11(8-10)13(17)16-7-6-15-9-2-3-9/h4-5,8-9,15H,2-3,6-7H2,1H3,(H,16,17). The van der Waals surface area contributed by atoms with Gasteiger partial charge in [-0.25, -0.2) is 0 Å². The molecule has 0 radical (unpaired) electrons. The van der Waals surface area contributed by atoms with E-state index >= 15 is 0 Å². The Labute approximate surface area is 115 Å². The van der Waals surface area contributed by atoms with Crippen molar-refractivity contribution in [3.8, 4) is 5.75 Å². The van der Waals surface area contributed by atoms with E-state index in [1.165, 1.54) is 12.8 Å². The number of carbonyl (C=O) groups is 1. The molecule has 0 unspecified atom stereocenters. The molecule has 1 amide bonds. The molecule has 1 fully saturated rings. The summed E-state index contributed by atoms with van der Waals surface area (Å²) in [4.78, 5) is 12.0. The fourth-order valence-corrected chi connectivity index (χ4v) is 2.07. The highest BCUT2D eigenvalue weighted by Crippen LogP contribution is 2.22. The van der Waals surface area contributed by atoms with Gasteiger partial charge in [0.15, 0.2) is 0 Å². The van der Waals surface area contributed by atoms with Gasteiger partial charge in [0.1, 0.15) is 5.75 Å². The Morgan fingerprint density at radius 3 is 2.89 bits per heavy atom. The zero-order valence-electron chi connectivity index (χ0n) is 10.3. The maximum atomic E-state index is 12.0. The van der Waals surface area contributed by atoms with Crippen molar-refractivity contribution in [2.75, 3.05) is 20.2 Å². The number of hydrogen-bond acceptors (Lipinski definition) is 3. The first-order valence-corrected chi connectivity index (χ1v) is 6.85. The molecule has 2 N–H and O–H groups in total. The van der Waals surface area contributed by atoms with E-state index < -0.39 is 0 Å². The number of carbonyl (C=O) groups excluding carboxylic acids is 1. The highest BCUT2D eigenvalue weighted by atomic mass is 79.9. The molecule has 0 spiro atoms. The second-order valence-corrected chi connectivity index (χ2v) is 5.18. The molecule has 98 valence electrons. The third kappa shape index (κ3) is 3.71. The van der Waals surface area contributed by atoms with Gasteiger partial charge < -0.3 is 15.4 Å². The van der Waals surface area contributed by atoms with Gasteiger partial charge in [-0.1, -0.05) is 0 Å². The average molecular weight is 313 g/mol. The zero-order valence-corrected chi connectivity index (χ0v) is 11.9. The Balaban J connectivity index is 1.86. The summed E-state index contributed by atoms with van der Waals surface area (Å²) < 4.78 is 5.89. The van der Waals surface area contributed by atoms with Crippen molar-refractivity contribution in [1.29, 1.82) is 0 Å². The Bertz CT molecular complexity index is 433. The van der Waals surface area contributed by atoms with E-state index in [0.717, 1.165) is 11.0 Å². The topological polar surface area (TPSA) is 50.4 Å². The maximum Gasteiger partial charge on any atom is 0.252 e. The Morgan fingerprint density at radius 1 is 1.44 bits per heavy atom. The van der Waals surface area contributed by atoms with Crippen molar-refractivity contribution < 1.29 is 9.53 Å². The molecule has 18 heavy (non-hydrogen) atoms. The molecular weight excluding hydrogens is 296 g/mol. The molecule has 1 saturated carbocycles. The van der Waals surface area contributed by atoms with Crippen LogP contribution in [0, 0.1) is 0 Å². The Morgan fingerprint density at radius 2 is 2.22 bits per heavy atom. The maximum absolute atomic E-state index is 12.0. The monoisotopic (exact) mass is 312 g/mol. The third-order valence-corrected chi connectivity index (χ3v) is 3.53. The van der Waals surface area contributed by atoms with E-state index in [0.29, 0.717) is 23.9 Å². The molecule has 5 heteroatoms. The summed E-state index contributed by atoms with van der Waals surface area (Å²) in [5, 5.41) is 6.24. The molecule has 4 nitrogen and oxygen atoms in total. The number of amides is 1. The van der Waals surface area contributed by atoms with Gasteiger partial charge in [-0.15, -0.1) is 0 Å². The van der Waals surface area contributed by atoms with E-state index in [1.54, 1.807) is 13.2 Å². The van der Waals surface area contributed by atoms with Crippen LogP contribution >= 0.6 is 15.9 Å². The first-order chi connectivity index (χ1) is 8.70. The lowest BCUT2D eigenvalue weighted by Crippen LogP contribution is -2.32. The minimum Gasteiger partial charge on any atom is -0.497 e. The van der Waals surface area contributed by atoms with Crippen LogP contribution in [0.25, 0.3) is 0 Å². The van der Waals surface area contributed by atoms with Gasteiger partial charge >= 0.3 is 0 Å². The van der Waals surface area contributed by atoms with Crippen molar-refractivity contribution in [2.24, 2.45) is 0 Å². The summed E-state index contributed by atoms with van der Waals surface area (Å²) >= 11 is 3.37. The predicted molar refractivity (Wildman–Crippen MR) is 74.1 cm³/mol. The number of halogens is 1. The summed E-state index contributed by atoms with van der Waals surface area (Å²) in [6.45, 7) is 1.46. The van der Waals surface area contributed by atoms with Crippen LogP contribution in [0.5, 0.6) is 5.75 Å². The second-order valence-electron chi connectivity index (χ2n) is 4.33. The number of rotatable bonds is 6. The van der Waals surface area contributed by atoms with E-state index in [2.05, 4.69) is 26.6 Å². The van der Waals surface area contributed by atoms with Crippen molar-refractivity contribution in [3.05, 3.63) is 28.2 Å². The minimum atomic E-state index is -0.0848. The lowest BCUT2D eigenvalue weighted by atomic mass is 10.2. The lowest BCUT2D eigenvalue weighted by molar-refractivity contribution is 0.0952. The van der Waals surface area contributed by atoms with E-state index in [1.807, 2.05) is 12.1 Å². The Kier molecular flexibility index (Phi) is 4.60. The molecule has 1 aromatic rings. The van der Waals surface area contributed by atoms with Crippen LogP contribution in [0.2, 0.25) is 0 Å². The number of nitrogens with one attached hydrogen (secondary N) is 2. The molecular formula is C13H17BrN2O2. The molecule has 0 aromatic heterocycles. The molecule has 0 bridgehead atoms. The summed E-state index contributed by atoms with van der Waals surface area (Å²) in [6.07, 6.45) is 2.52. The first kappa shape index (κ1) is 13.4. The molecule has 1 aliphatic carbocycles. The van der Waals surface area contributed by atoms with Crippen LogP contribution in [0.1, 0.15) is 23.2 Å². The first-order valence-electron chi connectivity index (χ1n) is 6.06. The zero-order chi connectivity index (χ0) is 13.0. The molecule has 0 atom stereocenters. The van der Waals surface area contributed by atoms with Crippen LogP contribution in [0.4, 0.5) is 0 Å². The van der Waals surface area contributed by atoms with Gasteiger partial charge in [-0.2, -0.15) is 0 Å². The van der Waals surface area contributed by atoms with Crippen LogP contribution in [-0.2, 0) is 0 Å². The normalized spacial score (nSPS) is 14.3. The fraction of sp³-hybridized carbons (Fsp3) is 0.462. The highest BCUT2D eigenvalue weighted by Gasteiger charge is 2.19. The van der Waals surface area contributed by atoms with Crippen molar-refractivity contribution in [3.63, 3.8) is 0 Å². The number of ether oxygens (including phenoxy) is 1. The molecule has 0 aliphatic heterocycles. The number of hydrogen-bond donors (Lipinski definition) is 2. The minimum absolute atomic E-state index is 0.0848. The van der Waals surface area contributed by atoms with Gasteiger partial charge in [0.05, 0.1) is 12.7 Å². The van der Waals surface area contributed by atoms with Crippen molar-refractivity contribution in [1.82, 2.24) is 10.6 Å². The fourth-order valence-electron chi connectivity index (χ4n) is 1.64. The quantitative estimate of drug-likeness (QED) is 0.789. The second kappa shape index (κ2) is 6.20. The Hall–Kier alpha value is -1.07. The van der Waals surface area contributed by atoms with E-state index in [4.69, 9.17) is 4.74 Å². The summed E-state index contributed by atoms with van der Waals surface area (Å²) in [7, 11) is 1.59. The lowest BCUT2D eigenvalue weighted by Gasteiger charge is -2.09. The largest absolute Gasteiger partial charge is 0.497 e. The molecule has 0 saturated heterocycles. The number of methoxy groups -OCH3 is 1. The highest BCUT2D eigenvalue weighted by molar-refractivity contribution is 9.10. The van der Waals surface area contributed by atoms with Crippen LogP contribution in [-0.4, -0.2) is 32.1 Å². The smallest absolute Gasteiger partial charge is 0.252 e. The molecule has 0 heterocycles. The van der Waals surface area contributed by atoms with Gasteiger partial charge in [0.25, 0.3) is 5.91 Å². The third-order valence-electron chi connectivity index (χ3n) is 2.84. The molecule has 1 aromatic carbocycles. The van der Waals surface area contributed by atoms with Gasteiger partial charge in [-0.3, -0.25) is 4.79 Å². The van der Waals surface area contributed by atoms with Crippen molar-refractivity contribution in [2.45, 2.75) is 18.9 Å². The predicted octanol–water partition coefficient (Wildman–Crippen LogP) is 1.94. The molecule has 1 aliphatic rings. The van der Waals surface area contributed by atoms with Crippen molar-refractivity contribution >= 4 is 21.8 Å².